The Morgan fingerprint density at radius 3 is 2.12 bits per heavy atom. The van der Waals surface area contributed by atoms with Gasteiger partial charge in [-0.15, -0.1) is 4.40 Å². The number of hydrogen-bond donors (Lipinski definition) is 0. The van der Waals surface area contributed by atoms with Crippen LogP contribution in [0.25, 0.3) is 0 Å². The second-order valence-corrected chi connectivity index (χ2v) is 11.8. The number of rotatable bonds is 6. The Morgan fingerprint density at radius 2 is 1.45 bits per heavy atom. The summed E-state index contributed by atoms with van der Waals surface area (Å²) in [6.45, 7) is 1.83. The summed E-state index contributed by atoms with van der Waals surface area (Å²) in [6, 6.07) is 25.1. The molecule has 0 aromatic heterocycles. The van der Waals surface area contributed by atoms with E-state index in [-0.39, 0.29) is 28.6 Å². The van der Waals surface area contributed by atoms with Crippen molar-refractivity contribution < 1.29 is 27.7 Å². The van der Waals surface area contributed by atoms with E-state index < -0.39 is 37.5 Å². The lowest BCUT2D eigenvalue weighted by molar-refractivity contribution is -0.385. The number of non-ortho nitro benzene ring substituents is 2. The van der Waals surface area contributed by atoms with E-state index in [0.717, 1.165) is 5.56 Å². The normalized spacial score (nSPS) is 22.2. The number of nitro groups is 2. The van der Waals surface area contributed by atoms with E-state index in [1.54, 1.807) is 54.6 Å². The van der Waals surface area contributed by atoms with Crippen molar-refractivity contribution in [3.63, 3.8) is 0 Å². The predicted molar refractivity (Wildman–Crippen MR) is 152 cm³/mol. The first-order valence-electron chi connectivity index (χ1n) is 12.9. The number of sulfonamides is 1. The van der Waals surface area contributed by atoms with Crippen LogP contribution in [0.15, 0.2) is 106 Å². The molecule has 0 amide bonds. The molecule has 0 aliphatic carbocycles. The van der Waals surface area contributed by atoms with Gasteiger partial charge in [-0.25, -0.2) is 0 Å². The molecule has 3 atom stereocenters. The van der Waals surface area contributed by atoms with Crippen molar-refractivity contribution in [2.24, 2.45) is 4.40 Å². The van der Waals surface area contributed by atoms with Crippen molar-refractivity contribution in [1.29, 1.82) is 0 Å². The Hall–Kier alpha value is -4.94. The molecule has 6 rings (SSSR count). The van der Waals surface area contributed by atoms with Crippen molar-refractivity contribution in [3.05, 3.63) is 140 Å². The maximum Gasteiger partial charge on any atom is 0.285 e. The fraction of sp³-hybridized carbons (Fsp3) is 0.167. The first-order chi connectivity index (χ1) is 20.1. The van der Waals surface area contributed by atoms with Gasteiger partial charge in [-0.2, -0.15) is 8.42 Å². The van der Waals surface area contributed by atoms with Gasteiger partial charge in [0.05, 0.1) is 20.8 Å². The molecule has 12 heteroatoms. The summed E-state index contributed by atoms with van der Waals surface area (Å²) in [6.07, 6.45) is -1.66. The Morgan fingerprint density at radius 1 is 0.833 bits per heavy atom. The number of ether oxygens (including phenoxy) is 2. The molecule has 0 unspecified atom stereocenters. The first-order valence-corrected chi connectivity index (χ1v) is 14.4. The molecule has 1 fully saturated rings. The first kappa shape index (κ1) is 27.2. The van der Waals surface area contributed by atoms with Crippen LogP contribution >= 0.6 is 0 Å². The lowest BCUT2D eigenvalue weighted by Gasteiger charge is -2.28. The molecule has 0 radical (unpaired) electrons. The number of aryl methyl sites for hydroxylation is 1. The van der Waals surface area contributed by atoms with Crippen LogP contribution in [-0.4, -0.2) is 24.2 Å². The van der Waals surface area contributed by atoms with Gasteiger partial charge in [0.25, 0.3) is 21.4 Å². The second kappa shape index (κ2) is 10.2. The van der Waals surface area contributed by atoms with Crippen molar-refractivity contribution >= 4 is 27.3 Å². The summed E-state index contributed by atoms with van der Waals surface area (Å²) in [7, 11) is -4.26. The minimum absolute atomic E-state index is 0.0312. The summed E-state index contributed by atoms with van der Waals surface area (Å²) in [5.41, 5.74) is 0.703. The molecule has 0 bridgehead atoms. The van der Waals surface area contributed by atoms with Crippen LogP contribution in [0.1, 0.15) is 40.9 Å². The largest absolute Gasteiger partial charge is 0.441 e. The maximum absolute atomic E-state index is 13.6. The summed E-state index contributed by atoms with van der Waals surface area (Å²) in [5.74, 6) is 0.225. The molecule has 4 aromatic carbocycles. The highest BCUT2D eigenvalue weighted by Crippen LogP contribution is 2.60. The van der Waals surface area contributed by atoms with Crippen LogP contribution in [0.4, 0.5) is 11.4 Å². The van der Waals surface area contributed by atoms with Crippen LogP contribution in [0, 0.1) is 27.2 Å². The third-order valence-corrected chi connectivity index (χ3v) is 8.84. The molecule has 2 aliphatic heterocycles. The van der Waals surface area contributed by atoms with Crippen LogP contribution in [0.2, 0.25) is 0 Å². The van der Waals surface area contributed by atoms with E-state index in [0.29, 0.717) is 22.4 Å². The fourth-order valence-electron chi connectivity index (χ4n) is 5.59. The van der Waals surface area contributed by atoms with Gasteiger partial charge in [0, 0.05) is 29.8 Å². The highest BCUT2D eigenvalue weighted by molar-refractivity contribution is 7.90. The number of benzene rings is 4. The quantitative estimate of drug-likeness (QED) is 0.194. The van der Waals surface area contributed by atoms with Crippen LogP contribution in [-0.2, 0) is 20.2 Å². The van der Waals surface area contributed by atoms with Gasteiger partial charge in [0.15, 0.2) is 0 Å². The predicted octanol–water partition coefficient (Wildman–Crippen LogP) is 6.13. The molecule has 2 aliphatic rings. The zero-order valence-electron chi connectivity index (χ0n) is 22.1. The molecule has 212 valence electrons. The van der Waals surface area contributed by atoms with Crippen molar-refractivity contribution in [1.82, 2.24) is 0 Å². The van der Waals surface area contributed by atoms with Crippen LogP contribution in [0.5, 0.6) is 5.75 Å². The van der Waals surface area contributed by atoms with Crippen molar-refractivity contribution in [2.75, 3.05) is 0 Å². The number of para-hydroxylation sites is 1. The topological polar surface area (TPSA) is 151 Å². The standard InChI is InChI=1S/C30H23N3O8S/c1-19-12-14-24(15-13-19)42(38,39)31-29-30(25-10-2-3-11-26(25)41-29)18-27(20-6-4-8-22(16-20)32(34)35)40-28(30)21-7-5-9-23(17-21)33(36)37/h2-17,27-28H,18H2,1H3/b31-29-/t27-,28-,30+/m1/s1. The van der Waals surface area contributed by atoms with Crippen LogP contribution in [0.3, 0.4) is 0 Å². The SMILES string of the molecule is Cc1ccc(S(=O)(=O)/N=C2\Oc3ccccc3[C@]23C[C@H](c2cccc([N+](=O)[O-])c2)O[C@@H]3c2cccc([N+](=O)[O-])c2)cc1. The molecule has 0 N–H and O–H groups in total. The van der Waals surface area contributed by atoms with Gasteiger partial charge in [-0.1, -0.05) is 60.2 Å². The smallest absolute Gasteiger partial charge is 0.285 e. The third-order valence-electron chi connectivity index (χ3n) is 7.57. The van der Waals surface area contributed by atoms with E-state index in [1.807, 2.05) is 6.92 Å². The molecule has 11 nitrogen and oxygen atoms in total. The molecule has 1 spiro atoms. The van der Waals surface area contributed by atoms with E-state index in [9.17, 15) is 28.6 Å². The number of fused-ring (bicyclic) bond motifs is 2. The summed E-state index contributed by atoms with van der Waals surface area (Å²) in [4.78, 5) is 22.1. The summed E-state index contributed by atoms with van der Waals surface area (Å²) >= 11 is 0. The Labute approximate surface area is 240 Å². The Kier molecular flexibility index (Phi) is 6.59. The lowest BCUT2D eigenvalue weighted by atomic mass is 9.72. The lowest BCUT2D eigenvalue weighted by Crippen LogP contribution is -2.37. The zero-order valence-corrected chi connectivity index (χ0v) is 22.9. The van der Waals surface area contributed by atoms with Crippen LogP contribution < -0.4 is 4.74 Å². The van der Waals surface area contributed by atoms with E-state index in [4.69, 9.17) is 9.47 Å². The third kappa shape index (κ3) is 4.60. The fourth-order valence-corrected chi connectivity index (χ4v) is 6.59. The highest BCUT2D eigenvalue weighted by Gasteiger charge is 2.60. The number of nitro benzene ring substituents is 2. The van der Waals surface area contributed by atoms with Gasteiger partial charge in [0.2, 0.25) is 5.90 Å². The van der Waals surface area contributed by atoms with Gasteiger partial charge in [-0.3, -0.25) is 20.2 Å². The monoisotopic (exact) mass is 585 g/mol. The zero-order chi connectivity index (χ0) is 29.6. The summed E-state index contributed by atoms with van der Waals surface area (Å²) in [5, 5.41) is 23.2. The number of hydrogen-bond acceptors (Lipinski definition) is 8. The Balaban J connectivity index is 1.57. The van der Waals surface area contributed by atoms with Gasteiger partial charge in [-0.05, 0) is 42.7 Å². The number of nitrogens with zero attached hydrogens (tertiary/aromatic N) is 3. The van der Waals surface area contributed by atoms with Gasteiger partial charge < -0.3 is 9.47 Å². The molecular weight excluding hydrogens is 562 g/mol. The molecule has 2 heterocycles. The summed E-state index contributed by atoms with van der Waals surface area (Å²) < 4.78 is 44.1. The van der Waals surface area contributed by atoms with Gasteiger partial charge >= 0.3 is 0 Å². The maximum atomic E-state index is 13.6. The minimum Gasteiger partial charge on any atom is -0.441 e. The second-order valence-electron chi connectivity index (χ2n) is 10.2. The van der Waals surface area contributed by atoms with Crippen molar-refractivity contribution in [2.45, 2.75) is 35.9 Å². The van der Waals surface area contributed by atoms with E-state index in [2.05, 4.69) is 4.40 Å². The molecule has 1 saturated heterocycles. The van der Waals surface area contributed by atoms with E-state index >= 15 is 0 Å². The Bertz CT molecular complexity index is 1870. The molecule has 0 saturated carbocycles. The molecular formula is C30H23N3O8S. The molecule has 4 aromatic rings. The van der Waals surface area contributed by atoms with Crippen molar-refractivity contribution in [3.8, 4) is 5.75 Å². The average molecular weight is 586 g/mol. The molecule has 42 heavy (non-hydrogen) atoms. The minimum atomic E-state index is -4.26. The average Bonchev–Trinajstić information content (AvgIpc) is 3.52. The highest BCUT2D eigenvalue weighted by atomic mass is 32.2. The van der Waals surface area contributed by atoms with E-state index in [1.165, 1.54) is 42.5 Å². The van der Waals surface area contributed by atoms with Gasteiger partial charge in [0.1, 0.15) is 17.3 Å².